The van der Waals surface area contributed by atoms with Crippen LogP contribution < -0.4 is 10.6 Å². The van der Waals surface area contributed by atoms with Crippen LogP contribution >= 0.6 is 11.3 Å². The number of carbonyl (C=O) groups excluding carboxylic acids is 1. The van der Waals surface area contributed by atoms with Gasteiger partial charge in [-0.3, -0.25) is 4.79 Å². The Morgan fingerprint density at radius 2 is 2.08 bits per heavy atom. The number of nitrogens with zero attached hydrogens (tertiary/aromatic N) is 3. The van der Waals surface area contributed by atoms with Crippen LogP contribution in [0.25, 0.3) is 0 Å². The van der Waals surface area contributed by atoms with Crippen molar-refractivity contribution in [2.75, 3.05) is 40.3 Å². The minimum absolute atomic E-state index is 0.0212. The molecule has 0 aromatic carbocycles. The number of likely N-dealkylation sites (N-methyl/N-ethyl adjacent to an activating group) is 1. The average Bonchev–Trinajstić information content (AvgIpc) is 3.36. The Balaban J connectivity index is 1.49. The van der Waals surface area contributed by atoms with Crippen molar-refractivity contribution in [3.63, 3.8) is 0 Å². The van der Waals surface area contributed by atoms with Crippen LogP contribution in [0.4, 0.5) is 0 Å². The van der Waals surface area contributed by atoms with Crippen molar-refractivity contribution in [2.24, 2.45) is 4.99 Å². The summed E-state index contributed by atoms with van der Waals surface area (Å²) in [6.07, 6.45) is 6.01. The number of thiophene rings is 1. The molecule has 2 heterocycles. The highest BCUT2D eigenvalue weighted by molar-refractivity contribution is 7.09. The summed E-state index contributed by atoms with van der Waals surface area (Å²) >= 11 is 1.77. The predicted octanol–water partition coefficient (Wildman–Crippen LogP) is 1.54. The smallest absolute Gasteiger partial charge is 0.243 e. The lowest BCUT2D eigenvalue weighted by atomic mass is 10.1. The van der Waals surface area contributed by atoms with Gasteiger partial charge < -0.3 is 20.4 Å². The number of hydrogen-bond donors (Lipinski definition) is 2. The van der Waals surface area contributed by atoms with E-state index in [4.69, 9.17) is 0 Å². The third-order valence-corrected chi connectivity index (χ3v) is 5.99. The Morgan fingerprint density at radius 3 is 2.69 bits per heavy atom. The molecule has 0 atom stereocenters. The summed E-state index contributed by atoms with van der Waals surface area (Å²) in [6, 6.07) is 5.52. The van der Waals surface area contributed by atoms with Crippen LogP contribution in [-0.4, -0.2) is 74.0 Å². The lowest BCUT2D eigenvalue weighted by Gasteiger charge is -2.33. The van der Waals surface area contributed by atoms with Crippen LogP contribution in [0.15, 0.2) is 22.5 Å². The molecule has 2 fully saturated rings. The van der Waals surface area contributed by atoms with Crippen LogP contribution in [0, 0.1) is 0 Å². The molecule has 26 heavy (non-hydrogen) atoms. The molecule has 1 saturated heterocycles. The predicted molar refractivity (Wildman–Crippen MR) is 108 cm³/mol. The van der Waals surface area contributed by atoms with Gasteiger partial charge in [0.15, 0.2) is 5.96 Å². The summed E-state index contributed by atoms with van der Waals surface area (Å²) in [7, 11) is 3.53. The van der Waals surface area contributed by atoms with Crippen molar-refractivity contribution in [3.05, 3.63) is 22.4 Å². The first-order chi connectivity index (χ1) is 12.6. The van der Waals surface area contributed by atoms with Crippen molar-refractivity contribution >= 4 is 23.2 Å². The van der Waals surface area contributed by atoms with E-state index in [1.54, 1.807) is 30.3 Å². The van der Waals surface area contributed by atoms with Gasteiger partial charge in [-0.25, -0.2) is 4.99 Å². The monoisotopic (exact) mass is 377 g/mol. The fourth-order valence-electron chi connectivity index (χ4n) is 3.24. The number of amides is 1. The van der Waals surface area contributed by atoms with E-state index in [-0.39, 0.29) is 12.5 Å². The number of rotatable bonds is 7. The Morgan fingerprint density at radius 1 is 1.31 bits per heavy atom. The van der Waals surface area contributed by atoms with Crippen molar-refractivity contribution in [2.45, 2.75) is 44.2 Å². The molecule has 1 aliphatic heterocycles. The number of likely N-dealkylation sites (tertiary alicyclic amines) is 1. The van der Waals surface area contributed by atoms with Crippen LogP contribution in [0.1, 0.15) is 30.6 Å². The van der Waals surface area contributed by atoms with Gasteiger partial charge in [0, 0.05) is 50.7 Å². The molecule has 2 N–H and O–H groups in total. The van der Waals surface area contributed by atoms with Gasteiger partial charge in [0.25, 0.3) is 0 Å². The van der Waals surface area contributed by atoms with Gasteiger partial charge in [-0.15, -0.1) is 11.3 Å². The third-order valence-electron chi connectivity index (χ3n) is 5.05. The molecular weight excluding hydrogens is 346 g/mol. The zero-order chi connectivity index (χ0) is 18.4. The summed E-state index contributed by atoms with van der Waals surface area (Å²) in [5.74, 6) is 0.787. The topological polar surface area (TPSA) is 60.0 Å². The van der Waals surface area contributed by atoms with Crippen LogP contribution in [0.2, 0.25) is 0 Å². The van der Waals surface area contributed by atoms with E-state index in [0.717, 1.165) is 37.8 Å². The largest absolute Gasteiger partial charge is 0.356 e. The highest BCUT2D eigenvalue weighted by Crippen LogP contribution is 2.29. The molecule has 1 aromatic rings. The van der Waals surface area contributed by atoms with Crippen LogP contribution in [-0.2, 0) is 11.2 Å². The van der Waals surface area contributed by atoms with E-state index in [2.05, 4.69) is 38.0 Å². The van der Waals surface area contributed by atoms with Crippen LogP contribution in [0.5, 0.6) is 0 Å². The summed E-state index contributed by atoms with van der Waals surface area (Å²) in [5, 5.41) is 9.07. The van der Waals surface area contributed by atoms with Crippen molar-refractivity contribution in [3.8, 4) is 0 Å². The molecule has 144 valence electrons. The molecule has 1 amide bonds. The van der Waals surface area contributed by atoms with Gasteiger partial charge >= 0.3 is 0 Å². The second-order valence-electron chi connectivity index (χ2n) is 7.39. The SMILES string of the molecule is CN(C)C(=O)CN=C(NCCc1cccs1)NC1CCN(C2CC2)CC1. The number of piperidine rings is 1. The maximum atomic E-state index is 11.9. The van der Waals surface area contributed by atoms with E-state index in [9.17, 15) is 4.79 Å². The molecule has 1 aromatic heterocycles. The molecule has 1 aliphatic carbocycles. The first kappa shape index (κ1) is 19.2. The molecule has 0 unspecified atom stereocenters. The standard InChI is InChI=1S/C19H31N5OS/c1-23(2)18(25)14-21-19(20-10-7-17-4-3-13-26-17)22-15-8-11-24(12-9-15)16-5-6-16/h3-4,13,15-16H,5-12,14H2,1-2H3,(H2,20,21,22). The second kappa shape index (κ2) is 9.37. The van der Waals surface area contributed by atoms with Gasteiger partial charge in [-0.05, 0) is 43.6 Å². The quantitative estimate of drug-likeness (QED) is 0.559. The first-order valence-electron chi connectivity index (χ1n) is 9.63. The molecule has 2 aliphatic rings. The van der Waals surface area contributed by atoms with Gasteiger partial charge in [-0.1, -0.05) is 6.07 Å². The Labute approximate surface area is 160 Å². The summed E-state index contributed by atoms with van der Waals surface area (Å²) < 4.78 is 0. The number of carbonyl (C=O) groups is 1. The Kier molecular flexibility index (Phi) is 6.91. The highest BCUT2D eigenvalue weighted by Gasteiger charge is 2.31. The fourth-order valence-corrected chi connectivity index (χ4v) is 3.95. The third kappa shape index (κ3) is 5.99. The highest BCUT2D eigenvalue weighted by atomic mass is 32.1. The average molecular weight is 378 g/mol. The summed E-state index contributed by atoms with van der Waals surface area (Å²) in [6.45, 7) is 3.34. The number of guanidine groups is 1. The fraction of sp³-hybridized carbons (Fsp3) is 0.684. The Hall–Kier alpha value is -1.60. The minimum Gasteiger partial charge on any atom is -0.356 e. The lowest BCUT2D eigenvalue weighted by molar-refractivity contribution is -0.127. The molecule has 1 saturated carbocycles. The molecule has 7 heteroatoms. The van der Waals surface area contributed by atoms with E-state index in [0.29, 0.717) is 6.04 Å². The minimum atomic E-state index is 0.0212. The zero-order valence-corrected chi connectivity index (χ0v) is 16.7. The number of nitrogens with one attached hydrogen (secondary N) is 2. The van der Waals surface area contributed by atoms with Crippen molar-refractivity contribution in [1.29, 1.82) is 0 Å². The maximum Gasteiger partial charge on any atom is 0.243 e. The van der Waals surface area contributed by atoms with Gasteiger partial charge in [0.1, 0.15) is 6.54 Å². The van der Waals surface area contributed by atoms with Gasteiger partial charge in [-0.2, -0.15) is 0 Å². The number of hydrogen-bond acceptors (Lipinski definition) is 4. The molecule has 0 bridgehead atoms. The van der Waals surface area contributed by atoms with Gasteiger partial charge in [0.2, 0.25) is 5.91 Å². The van der Waals surface area contributed by atoms with Gasteiger partial charge in [0.05, 0.1) is 0 Å². The second-order valence-corrected chi connectivity index (χ2v) is 8.43. The van der Waals surface area contributed by atoms with Crippen molar-refractivity contribution < 1.29 is 4.79 Å². The van der Waals surface area contributed by atoms with E-state index in [1.807, 2.05) is 0 Å². The molecule has 0 spiro atoms. The maximum absolute atomic E-state index is 11.9. The normalized spacial score (nSPS) is 19.4. The van der Waals surface area contributed by atoms with E-state index < -0.39 is 0 Å². The molecule has 0 radical (unpaired) electrons. The van der Waals surface area contributed by atoms with E-state index >= 15 is 0 Å². The molecule has 6 nitrogen and oxygen atoms in total. The lowest BCUT2D eigenvalue weighted by Crippen LogP contribution is -2.49. The van der Waals surface area contributed by atoms with Crippen molar-refractivity contribution in [1.82, 2.24) is 20.4 Å². The Bertz CT molecular complexity index is 589. The molecule has 3 rings (SSSR count). The summed E-state index contributed by atoms with van der Waals surface area (Å²) in [4.78, 5) is 22.0. The zero-order valence-electron chi connectivity index (χ0n) is 15.9. The first-order valence-corrected chi connectivity index (χ1v) is 10.5. The van der Waals surface area contributed by atoms with Crippen LogP contribution in [0.3, 0.4) is 0 Å². The number of aliphatic imine (C=N–C) groups is 1. The van der Waals surface area contributed by atoms with E-state index in [1.165, 1.54) is 30.8 Å². The summed E-state index contributed by atoms with van der Waals surface area (Å²) in [5.41, 5.74) is 0. The molecular formula is C19H31N5OS.